The number of aromatic nitrogens is 1. The van der Waals surface area contributed by atoms with Gasteiger partial charge in [0.05, 0.1) is 6.04 Å². The number of nitrogens with zero attached hydrogens (tertiary/aromatic N) is 1. The van der Waals surface area contributed by atoms with Gasteiger partial charge in [-0.2, -0.15) is 0 Å². The van der Waals surface area contributed by atoms with Crippen molar-refractivity contribution >= 4 is 12.0 Å². The fourth-order valence-electron chi connectivity index (χ4n) is 1.68. The highest BCUT2D eigenvalue weighted by Gasteiger charge is 2.19. The molecule has 6 heteroatoms. The van der Waals surface area contributed by atoms with Gasteiger partial charge < -0.3 is 15.7 Å². The molecule has 2 amide bonds. The minimum atomic E-state index is -1.02. The molecule has 1 rings (SSSR count). The molecule has 19 heavy (non-hydrogen) atoms. The zero-order valence-electron chi connectivity index (χ0n) is 11.1. The lowest BCUT2D eigenvalue weighted by molar-refractivity contribution is -0.139. The third kappa shape index (κ3) is 4.95. The number of carbonyl (C=O) groups is 2. The summed E-state index contributed by atoms with van der Waals surface area (Å²) in [7, 11) is 0. The molecule has 6 nitrogen and oxygen atoms in total. The van der Waals surface area contributed by atoms with E-state index in [0.29, 0.717) is 12.8 Å². The van der Waals surface area contributed by atoms with Crippen LogP contribution in [-0.4, -0.2) is 28.1 Å². The molecule has 1 unspecified atom stereocenters. The van der Waals surface area contributed by atoms with Gasteiger partial charge in [-0.3, -0.25) is 4.98 Å². The molecule has 3 N–H and O–H groups in total. The molecule has 0 radical (unpaired) electrons. The maximum Gasteiger partial charge on any atom is 0.326 e. The number of rotatable bonds is 6. The molecule has 0 aromatic carbocycles. The highest BCUT2D eigenvalue weighted by Crippen LogP contribution is 2.09. The molecule has 0 saturated carbocycles. The van der Waals surface area contributed by atoms with E-state index in [2.05, 4.69) is 15.6 Å². The van der Waals surface area contributed by atoms with Crippen LogP contribution in [0.3, 0.4) is 0 Å². The Morgan fingerprint density at radius 1 is 1.32 bits per heavy atom. The van der Waals surface area contributed by atoms with Crippen LogP contribution in [0, 0.1) is 0 Å². The molecule has 0 aliphatic carbocycles. The van der Waals surface area contributed by atoms with Crippen LogP contribution in [0.5, 0.6) is 0 Å². The molecule has 1 aromatic rings. The Balaban J connectivity index is 2.52. The summed E-state index contributed by atoms with van der Waals surface area (Å²) in [6.45, 7) is 3.69. The zero-order valence-corrected chi connectivity index (χ0v) is 11.1. The van der Waals surface area contributed by atoms with E-state index < -0.39 is 18.0 Å². The largest absolute Gasteiger partial charge is 0.480 e. The summed E-state index contributed by atoms with van der Waals surface area (Å²) in [5.41, 5.74) is 0.910. The quantitative estimate of drug-likeness (QED) is 0.730. The zero-order chi connectivity index (χ0) is 14.3. The lowest BCUT2D eigenvalue weighted by Gasteiger charge is -2.18. The van der Waals surface area contributed by atoms with Gasteiger partial charge >= 0.3 is 12.0 Å². The molecule has 0 aliphatic heterocycles. The number of hydrogen-bond acceptors (Lipinski definition) is 3. The summed E-state index contributed by atoms with van der Waals surface area (Å²) in [4.78, 5) is 26.5. The van der Waals surface area contributed by atoms with Crippen LogP contribution in [0.15, 0.2) is 24.5 Å². The molecule has 104 valence electrons. The smallest absolute Gasteiger partial charge is 0.326 e. The number of amides is 2. The SMILES string of the molecule is CCC[C@@H](NC(=O)NC(C)c1ccncc1)C(=O)O. The van der Waals surface area contributed by atoms with E-state index in [-0.39, 0.29) is 6.04 Å². The van der Waals surface area contributed by atoms with Crippen LogP contribution in [0.2, 0.25) is 0 Å². The molecule has 0 fully saturated rings. The van der Waals surface area contributed by atoms with Crippen molar-refractivity contribution in [2.45, 2.75) is 38.8 Å². The van der Waals surface area contributed by atoms with Gasteiger partial charge in [-0.1, -0.05) is 13.3 Å². The highest BCUT2D eigenvalue weighted by atomic mass is 16.4. The lowest BCUT2D eigenvalue weighted by atomic mass is 10.1. The summed E-state index contributed by atoms with van der Waals surface area (Å²) in [5.74, 6) is -1.02. The first-order valence-corrected chi connectivity index (χ1v) is 6.24. The Hall–Kier alpha value is -2.11. The van der Waals surface area contributed by atoms with Crippen LogP contribution in [0.4, 0.5) is 4.79 Å². The van der Waals surface area contributed by atoms with E-state index in [0.717, 1.165) is 5.56 Å². The van der Waals surface area contributed by atoms with Crippen molar-refractivity contribution in [3.05, 3.63) is 30.1 Å². The topological polar surface area (TPSA) is 91.3 Å². The molecule has 0 saturated heterocycles. The van der Waals surface area contributed by atoms with Gasteiger partial charge in [-0.25, -0.2) is 9.59 Å². The van der Waals surface area contributed by atoms with Crippen LogP contribution < -0.4 is 10.6 Å². The standard InChI is InChI=1S/C13H19N3O3/c1-3-4-11(12(17)18)16-13(19)15-9(2)10-5-7-14-8-6-10/h5-9,11H,3-4H2,1-2H3,(H,17,18)(H2,15,16,19)/t9?,11-/m1/s1. The summed E-state index contributed by atoms with van der Waals surface area (Å²) >= 11 is 0. The second-order valence-corrected chi connectivity index (χ2v) is 4.30. The number of aliphatic carboxylic acids is 1. The number of urea groups is 1. The monoisotopic (exact) mass is 265 g/mol. The summed E-state index contributed by atoms with van der Waals surface area (Å²) in [6, 6.07) is 2.05. The third-order valence-electron chi connectivity index (χ3n) is 2.73. The molecule has 1 aromatic heterocycles. The van der Waals surface area contributed by atoms with Crippen molar-refractivity contribution in [3.63, 3.8) is 0 Å². The Morgan fingerprint density at radius 3 is 2.47 bits per heavy atom. The van der Waals surface area contributed by atoms with Crippen molar-refractivity contribution in [2.24, 2.45) is 0 Å². The number of hydrogen-bond donors (Lipinski definition) is 3. The van der Waals surface area contributed by atoms with Gasteiger partial charge in [0, 0.05) is 12.4 Å². The first-order chi connectivity index (χ1) is 9.04. The Kier molecular flexibility index (Phi) is 5.78. The summed E-state index contributed by atoms with van der Waals surface area (Å²) in [6.07, 6.45) is 4.38. The summed E-state index contributed by atoms with van der Waals surface area (Å²) in [5, 5.41) is 14.1. The molecule has 0 spiro atoms. The normalized spacial score (nSPS) is 13.4. The predicted octanol–water partition coefficient (Wildman–Crippen LogP) is 1.70. The Labute approximate surface area is 112 Å². The predicted molar refractivity (Wildman–Crippen MR) is 70.7 cm³/mol. The van der Waals surface area contributed by atoms with Crippen molar-refractivity contribution in [3.8, 4) is 0 Å². The average Bonchev–Trinajstić information content (AvgIpc) is 2.39. The average molecular weight is 265 g/mol. The minimum absolute atomic E-state index is 0.209. The number of pyridine rings is 1. The van der Waals surface area contributed by atoms with Gasteiger partial charge in [0.15, 0.2) is 0 Å². The number of carboxylic acids is 1. The van der Waals surface area contributed by atoms with Crippen molar-refractivity contribution in [1.82, 2.24) is 15.6 Å². The fourth-order valence-corrected chi connectivity index (χ4v) is 1.68. The lowest BCUT2D eigenvalue weighted by Crippen LogP contribution is -2.46. The van der Waals surface area contributed by atoms with Crippen molar-refractivity contribution in [1.29, 1.82) is 0 Å². The molecular formula is C13H19N3O3. The van der Waals surface area contributed by atoms with Crippen LogP contribution in [0.1, 0.15) is 38.3 Å². The number of nitrogens with one attached hydrogen (secondary N) is 2. The van der Waals surface area contributed by atoms with Gasteiger partial charge in [-0.05, 0) is 31.0 Å². The Bertz CT molecular complexity index is 422. The van der Waals surface area contributed by atoms with E-state index in [4.69, 9.17) is 5.11 Å². The molecule has 2 atom stereocenters. The van der Waals surface area contributed by atoms with Gasteiger partial charge in [0.1, 0.15) is 6.04 Å². The first-order valence-electron chi connectivity index (χ1n) is 6.24. The van der Waals surface area contributed by atoms with Crippen LogP contribution >= 0.6 is 0 Å². The molecule has 1 heterocycles. The van der Waals surface area contributed by atoms with Crippen molar-refractivity contribution in [2.75, 3.05) is 0 Å². The maximum absolute atomic E-state index is 11.7. The molecule has 0 bridgehead atoms. The summed E-state index contributed by atoms with van der Waals surface area (Å²) < 4.78 is 0. The number of carboxylic acid groups (broad SMARTS) is 1. The second kappa shape index (κ2) is 7.35. The third-order valence-corrected chi connectivity index (χ3v) is 2.73. The van der Waals surface area contributed by atoms with Gasteiger partial charge in [0.25, 0.3) is 0 Å². The van der Waals surface area contributed by atoms with E-state index in [1.807, 2.05) is 13.8 Å². The van der Waals surface area contributed by atoms with E-state index >= 15 is 0 Å². The number of carbonyl (C=O) groups excluding carboxylic acids is 1. The van der Waals surface area contributed by atoms with Crippen LogP contribution in [0.25, 0.3) is 0 Å². The second-order valence-electron chi connectivity index (χ2n) is 4.30. The van der Waals surface area contributed by atoms with E-state index in [1.54, 1.807) is 24.5 Å². The fraction of sp³-hybridized carbons (Fsp3) is 0.462. The van der Waals surface area contributed by atoms with Gasteiger partial charge in [-0.15, -0.1) is 0 Å². The minimum Gasteiger partial charge on any atom is -0.480 e. The van der Waals surface area contributed by atoms with Gasteiger partial charge in [0.2, 0.25) is 0 Å². The first kappa shape index (κ1) is 14.9. The molecular weight excluding hydrogens is 246 g/mol. The Morgan fingerprint density at radius 2 is 1.95 bits per heavy atom. The van der Waals surface area contributed by atoms with Crippen LogP contribution in [-0.2, 0) is 4.79 Å². The van der Waals surface area contributed by atoms with E-state index in [9.17, 15) is 9.59 Å². The maximum atomic E-state index is 11.7. The van der Waals surface area contributed by atoms with E-state index in [1.165, 1.54) is 0 Å². The highest BCUT2D eigenvalue weighted by molar-refractivity contribution is 5.82. The molecule has 0 aliphatic rings. The van der Waals surface area contributed by atoms with Crippen molar-refractivity contribution < 1.29 is 14.7 Å².